The van der Waals surface area contributed by atoms with Crippen molar-refractivity contribution in [3.8, 4) is 0 Å². The summed E-state index contributed by atoms with van der Waals surface area (Å²) in [4.78, 5) is 12.1. The van der Waals surface area contributed by atoms with Crippen molar-refractivity contribution in [1.29, 1.82) is 0 Å². The van der Waals surface area contributed by atoms with Crippen LogP contribution in [0.1, 0.15) is 45.2 Å². The van der Waals surface area contributed by atoms with Gasteiger partial charge in [-0.05, 0) is 37.4 Å². The van der Waals surface area contributed by atoms with Crippen molar-refractivity contribution in [2.45, 2.75) is 53.0 Å². The molecule has 0 aliphatic carbocycles. The fourth-order valence-electron chi connectivity index (χ4n) is 2.29. The molecular weight excluding hydrogens is 236 g/mol. The van der Waals surface area contributed by atoms with E-state index in [1.54, 1.807) is 0 Å². The van der Waals surface area contributed by atoms with Crippen LogP contribution in [-0.4, -0.2) is 18.5 Å². The van der Waals surface area contributed by atoms with E-state index >= 15 is 0 Å². The predicted molar refractivity (Wildman–Crippen MR) is 81.6 cm³/mol. The summed E-state index contributed by atoms with van der Waals surface area (Å²) in [5.74, 6) is 0.0871. The highest BCUT2D eigenvalue weighted by atomic mass is 16.1. The molecule has 1 aromatic carbocycles. The molecule has 2 N–H and O–H groups in total. The first-order valence-corrected chi connectivity index (χ1v) is 7.26. The van der Waals surface area contributed by atoms with Gasteiger partial charge in [0.2, 0.25) is 5.91 Å². The minimum atomic E-state index is 0.0871. The van der Waals surface area contributed by atoms with Crippen molar-refractivity contribution < 1.29 is 4.79 Å². The molecule has 106 valence electrons. The Balaban J connectivity index is 2.77. The zero-order valence-electron chi connectivity index (χ0n) is 12.5. The summed E-state index contributed by atoms with van der Waals surface area (Å²) in [5, 5.41) is 6.35. The van der Waals surface area contributed by atoms with Crippen LogP contribution >= 0.6 is 0 Å². The molecule has 1 rings (SSSR count). The fourth-order valence-corrected chi connectivity index (χ4v) is 2.29. The van der Waals surface area contributed by atoms with Crippen molar-refractivity contribution >= 4 is 11.6 Å². The second kappa shape index (κ2) is 7.95. The van der Waals surface area contributed by atoms with Crippen LogP contribution in [0.4, 0.5) is 5.69 Å². The van der Waals surface area contributed by atoms with E-state index in [2.05, 4.69) is 49.6 Å². The van der Waals surface area contributed by atoms with E-state index in [1.807, 2.05) is 6.92 Å². The molecule has 0 aliphatic rings. The van der Waals surface area contributed by atoms with Crippen LogP contribution in [0.3, 0.4) is 0 Å². The number of aryl methyl sites for hydroxylation is 2. The second-order valence-corrected chi connectivity index (χ2v) is 4.87. The van der Waals surface area contributed by atoms with E-state index < -0.39 is 0 Å². The molecule has 1 atom stereocenters. The van der Waals surface area contributed by atoms with E-state index in [1.165, 1.54) is 11.1 Å². The molecule has 0 aliphatic heterocycles. The smallest absolute Gasteiger partial charge is 0.225 e. The first kappa shape index (κ1) is 15.7. The molecule has 0 radical (unpaired) electrons. The van der Waals surface area contributed by atoms with Crippen molar-refractivity contribution in [2.75, 3.05) is 11.9 Å². The number of carbonyl (C=O) groups excluding carboxylic acids is 1. The van der Waals surface area contributed by atoms with E-state index in [4.69, 9.17) is 0 Å². The summed E-state index contributed by atoms with van der Waals surface area (Å²) in [6, 6.07) is 6.45. The monoisotopic (exact) mass is 262 g/mol. The predicted octanol–water partition coefficient (Wildman–Crippen LogP) is 3.14. The number of hydrogen-bond donors (Lipinski definition) is 2. The van der Waals surface area contributed by atoms with Crippen LogP contribution in [0.2, 0.25) is 0 Å². The number of benzene rings is 1. The molecule has 0 saturated carbocycles. The third-order valence-corrected chi connectivity index (χ3v) is 3.31. The molecule has 0 fully saturated rings. The van der Waals surface area contributed by atoms with Crippen molar-refractivity contribution in [2.24, 2.45) is 0 Å². The Kier molecular flexibility index (Phi) is 6.57. The van der Waals surface area contributed by atoms with Crippen LogP contribution in [-0.2, 0) is 17.6 Å². The Morgan fingerprint density at radius 1 is 1.16 bits per heavy atom. The Morgan fingerprint density at radius 3 is 2.21 bits per heavy atom. The number of amides is 1. The molecule has 3 heteroatoms. The average molecular weight is 262 g/mol. The lowest BCUT2D eigenvalue weighted by molar-refractivity contribution is -0.116. The maximum atomic E-state index is 12.1. The van der Waals surface area contributed by atoms with Crippen LogP contribution < -0.4 is 10.6 Å². The molecule has 0 spiro atoms. The van der Waals surface area contributed by atoms with Gasteiger partial charge in [-0.1, -0.05) is 39.0 Å². The lowest BCUT2D eigenvalue weighted by atomic mass is 10.0. The maximum Gasteiger partial charge on any atom is 0.225 e. The van der Waals surface area contributed by atoms with Gasteiger partial charge < -0.3 is 10.6 Å². The quantitative estimate of drug-likeness (QED) is 0.792. The van der Waals surface area contributed by atoms with Gasteiger partial charge in [0.05, 0.1) is 0 Å². The van der Waals surface area contributed by atoms with E-state index in [9.17, 15) is 4.79 Å². The third kappa shape index (κ3) is 4.67. The highest BCUT2D eigenvalue weighted by Gasteiger charge is 2.12. The standard InChI is InChI=1S/C16H26N2O/c1-5-13-9-8-10-14(6-2)16(13)18-15(19)11-12(4)17-7-3/h8-10,12,17H,5-7,11H2,1-4H3,(H,18,19). The lowest BCUT2D eigenvalue weighted by Crippen LogP contribution is -2.30. The van der Waals surface area contributed by atoms with Gasteiger partial charge in [-0.25, -0.2) is 0 Å². The van der Waals surface area contributed by atoms with E-state index in [0.29, 0.717) is 6.42 Å². The topological polar surface area (TPSA) is 41.1 Å². The van der Waals surface area contributed by atoms with Gasteiger partial charge in [0.25, 0.3) is 0 Å². The molecule has 3 nitrogen and oxygen atoms in total. The van der Waals surface area contributed by atoms with Crippen LogP contribution in [0.5, 0.6) is 0 Å². The highest BCUT2D eigenvalue weighted by Crippen LogP contribution is 2.22. The van der Waals surface area contributed by atoms with Crippen molar-refractivity contribution in [1.82, 2.24) is 5.32 Å². The largest absolute Gasteiger partial charge is 0.326 e. The van der Waals surface area contributed by atoms with E-state index in [-0.39, 0.29) is 11.9 Å². The first-order chi connectivity index (χ1) is 9.12. The van der Waals surface area contributed by atoms with Gasteiger partial charge in [-0.2, -0.15) is 0 Å². The number of rotatable bonds is 7. The van der Waals surface area contributed by atoms with Gasteiger partial charge in [0.15, 0.2) is 0 Å². The van der Waals surface area contributed by atoms with Crippen LogP contribution in [0, 0.1) is 0 Å². The fraction of sp³-hybridized carbons (Fsp3) is 0.562. The van der Waals surface area contributed by atoms with Gasteiger partial charge in [0, 0.05) is 18.2 Å². The number of hydrogen-bond acceptors (Lipinski definition) is 2. The zero-order chi connectivity index (χ0) is 14.3. The Hall–Kier alpha value is -1.35. The zero-order valence-corrected chi connectivity index (χ0v) is 12.5. The Morgan fingerprint density at radius 2 is 1.74 bits per heavy atom. The van der Waals surface area contributed by atoms with Crippen LogP contribution in [0.15, 0.2) is 18.2 Å². The summed E-state index contributed by atoms with van der Waals surface area (Å²) < 4.78 is 0. The third-order valence-electron chi connectivity index (χ3n) is 3.31. The van der Waals surface area contributed by atoms with Crippen molar-refractivity contribution in [3.63, 3.8) is 0 Å². The second-order valence-electron chi connectivity index (χ2n) is 4.87. The maximum absolute atomic E-state index is 12.1. The first-order valence-electron chi connectivity index (χ1n) is 7.26. The molecular formula is C16H26N2O. The molecule has 0 heterocycles. The molecule has 1 aromatic rings. The summed E-state index contributed by atoms with van der Waals surface area (Å²) in [7, 11) is 0. The van der Waals surface area contributed by atoms with Crippen molar-refractivity contribution in [3.05, 3.63) is 29.3 Å². The molecule has 1 unspecified atom stereocenters. The number of carbonyl (C=O) groups is 1. The minimum Gasteiger partial charge on any atom is -0.326 e. The average Bonchev–Trinajstić information content (AvgIpc) is 2.39. The number of para-hydroxylation sites is 1. The molecule has 0 bridgehead atoms. The summed E-state index contributed by atoms with van der Waals surface area (Å²) in [6.45, 7) is 9.21. The molecule has 19 heavy (non-hydrogen) atoms. The number of nitrogens with one attached hydrogen (secondary N) is 2. The molecule has 1 amide bonds. The molecule has 0 aromatic heterocycles. The van der Waals surface area contributed by atoms with Gasteiger partial charge in [-0.3, -0.25) is 4.79 Å². The normalized spacial score (nSPS) is 12.2. The summed E-state index contributed by atoms with van der Waals surface area (Å²) in [6.07, 6.45) is 2.38. The highest BCUT2D eigenvalue weighted by molar-refractivity contribution is 5.92. The lowest BCUT2D eigenvalue weighted by Gasteiger charge is -2.16. The Bertz CT molecular complexity index is 393. The molecule has 0 saturated heterocycles. The SMILES string of the molecule is CCNC(C)CC(=O)Nc1c(CC)cccc1CC. The number of anilines is 1. The Labute approximate surface area is 116 Å². The summed E-state index contributed by atoms with van der Waals surface area (Å²) in [5.41, 5.74) is 3.44. The van der Waals surface area contributed by atoms with Gasteiger partial charge in [0.1, 0.15) is 0 Å². The van der Waals surface area contributed by atoms with E-state index in [0.717, 1.165) is 25.1 Å². The van der Waals surface area contributed by atoms with Crippen LogP contribution in [0.25, 0.3) is 0 Å². The minimum absolute atomic E-state index is 0.0871. The summed E-state index contributed by atoms with van der Waals surface area (Å²) >= 11 is 0. The van der Waals surface area contributed by atoms with Gasteiger partial charge >= 0.3 is 0 Å². The van der Waals surface area contributed by atoms with Gasteiger partial charge in [-0.15, -0.1) is 0 Å².